The first-order chi connectivity index (χ1) is 10.7. The van der Waals surface area contributed by atoms with Crippen molar-refractivity contribution >= 4 is 27.5 Å². The van der Waals surface area contributed by atoms with E-state index in [9.17, 15) is 13.2 Å². The van der Waals surface area contributed by atoms with Gasteiger partial charge in [0.15, 0.2) is 0 Å². The van der Waals surface area contributed by atoms with Crippen LogP contribution >= 0.6 is 11.6 Å². The second-order valence-corrected chi connectivity index (χ2v) is 8.28. The van der Waals surface area contributed by atoms with E-state index in [1.807, 2.05) is 6.92 Å². The highest BCUT2D eigenvalue weighted by molar-refractivity contribution is 7.88. The summed E-state index contributed by atoms with van der Waals surface area (Å²) < 4.78 is 26.3. The van der Waals surface area contributed by atoms with Crippen molar-refractivity contribution < 1.29 is 13.2 Å². The third kappa shape index (κ3) is 4.24. The SMILES string of the molecule is CCn1ncc(Cl)c1CN(C)C(=O)C1CCN(S(C)(=O)=O)CC1. The average Bonchev–Trinajstić information content (AvgIpc) is 2.86. The number of sulfonamides is 1. The fourth-order valence-electron chi connectivity index (χ4n) is 2.87. The zero-order chi connectivity index (χ0) is 17.2. The van der Waals surface area contributed by atoms with Gasteiger partial charge in [-0.2, -0.15) is 5.10 Å². The number of rotatable bonds is 5. The van der Waals surface area contributed by atoms with E-state index in [2.05, 4.69) is 5.10 Å². The lowest BCUT2D eigenvalue weighted by molar-refractivity contribution is -0.136. The fourth-order valence-corrected chi connectivity index (χ4v) is 3.94. The number of piperidine rings is 1. The van der Waals surface area contributed by atoms with E-state index in [0.717, 1.165) is 5.69 Å². The first-order valence-corrected chi connectivity index (χ1v) is 9.87. The first-order valence-electron chi connectivity index (χ1n) is 7.64. The molecule has 0 aliphatic carbocycles. The van der Waals surface area contributed by atoms with E-state index in [-0.39, 0.29) is 11.8 Å². The molecule has 23 heavy (non-hydrogen) atoms. The van der Waals surface area contributed by atoms with Gasteiger partial charge in [-0.3, -0.25) is 9.48 Å². The maximum atomic E-state index is 12.6. The van der Waals surface area contributed by atoms with E-state index in [4.69, 9.17) is 11.6 Å². The molecule has 0 saturated carbocycles. The summed E-state index contributed by atoms with van der Waals surface area (Å²) >= 11 is 6.13. The zero-order valence-electron chi connectivity index (χ0n) is 13.7. The molecule has 7 nitrogen and oxygen atoms in total. The molecule has 0 unspecified atom stereocenters. The van der Waals surface area contributed by atoms with E-state index in [1.165, 1.54) is 10.6 Å². The Hall–Kier alpha value is -1.12. The monoisotopic (exact) mass is 362 g/mol. The van der Waals surface area contributed by atoms with Gasteiger partial charge in [0.05, 0.1) is 29.7 Å². The topological polar surface area (TPSA) is 75.5 Å². The van der Waals surface area contributed by atoms with Gasteiger partial charge in [-0.05, 0) is 19.8 Å². The Morgan fingerprint density at radius 1 is 1.43 bits per heavy atom. The third-order valence-electron chi connectivity index (χ3n) is 4.23. The minimum absolute atomic E-state index is 0.0260. The summed E-state index contributed by atoms with van der Waals surface area (Å²) in [6, 6.07) is 0. The van der Waals surface area contributed by atoms with Gasteiger partial charge in [0, 0.05) is 32.6 Å². The van der Waals surface area contributed by atoms with Gasteiger partial charge in [0.25, 0.3) is 0 Å². The Morgan fingerprint density at radius 3 is 2.57 bits per heavy atom. The molecule has 1 aliphatic rings. The number of carbonyl (C=O) groups is 1. The Morgan fingerprint density at radius 2 is 2.04 bits per heavy atom. The maximum Gasteiger partial charge on any atom is 0.225 e. The van der Waals surface area contributed by atoms with Crippen LogP contribution in [0.3, 0.4) is 0 Å². The summed E-state index contributed by atoms with van der Waals surface area (Å²) in [5.74, 6) is -0.118. The Bertz CT molecular complexity index is 666. The van der Waals surface area contributed by atoms with E-state index in [0.29, 0.717) is 44.0 Å². The highest BCUT2D eigenvalue weighted by Gasteiger charge is 2.30. The minimum atomic E-state index is -3.17. The van der Waals surface area contributed by atoms with Crippen molar-refractivity contribution in [1.29, 1.82) is 0 Å². The molecule has 1 aromatic rings. The molecular formula is C14H23ClN4O3S. The Labute approximate surface area is 142 Å². The second kappa shape index (κ2) is 7.19. The number of aryl methyl sites for hydroxylation is 1. The number of aromatic nitrogens is 2. The molecule has 1 aromatic heterocycles. The van der Waals surface area contributed by atoms with Crippen LogP contribution in [0, 0.1) is 5.92 Å². The van der Waals surface area contributed by atoms with Crippen molar-refractivity contribution in [1.82, 2.24) is 19.0 Å². The van der Waals surface area contributed by atoms with Gasteiger partial charge in [0.1, 0.15) is 0 Å². The highest BCUT2D eigenvalue weighted by Crippen LogP contribution is 2.23. The number of hydrogen-bond acceptors (Lipinski definition) is 4. The van der Waals surface area contributed by atoms with Crippen molar-refractivity contribution in [2.75, 3.05) is 26.4 Å². The van der Waals surface area contributed by atoms with Gasteiger partial charge in [0.2, 0.25) is 15.9 Å². The van der Waals surface area contributed by atoms with Crippen LogP contribution in [0.1, 0.15) is 25.5 Å². The molecule has 0 radical (unpaired) electrons. The lowest BCUT2D eigenvalue weighted by atomic mass is 9.96. The maximum absolute atomic E-state index is 12.6. The van der Waals surface area contributed by atoms with E-state index >= 15 is 0 Å². The van der Waals surface area contributed by atoms with Gasteiger partial charge in [-0.25, -0.2) is 12.7 Å². The third-order valence-corrected chi connectivity index (χ3v) is 5.85. The summed E-state index contributed by atoms with van der Waals surface area (Å²) in [6.07, 6.45) is 3.90. The highest BCUT2D eigenvalue weighted by atomic mass is 35.5. The van der Waals surface area contributed by atoms with Gasteiger partial charge in [-0.1, -0.05) is 11.6 Å². The predicted octanol–water partition coefficient (Wildman–Crippen LogP) is 1.19. The molecule has 0 atom stereocenters. The van der Waals surface area contributed by atoms with Crippen molar-refractivity contribution in [3.8, 4) is 0 Å². The molecule has 0 bridgehead atoms. The number of amides is 1. The molecule has 1 saturated heterocycles. The van der Waals surface area contributed by atoms with Crippen LogP contribution in [0.25, 0.3) is 0 Å². The second-order valence-electron chi connectivity index (χ2n) is 5.89. The van der Waals surface area contributed by atoms with Crippen LogP contribution in [0.4, 0.5) is 0 Å². The summed E-state index contributed by atoms with van der Waals surface area (Å²) in [7, 11) is -1.43. The van der Waals surface area contributed by atoms with Crippen LogP contribution in [0.15, 0.2) is 6.20 Å². The van der Waals surface area contributed by atoms with Crippen LogP contribution in [-0.4, -0.2) is 59.7 Å². The number of carbonyl (C=O) groups excluding carboxylic acids is 1. The quantitative estimate of drug-likeness (QED) is 0.788. The predicted molar refractivity (Wildman–Crippen MR) is 88.5 cm³/mol. The minimum Gasteiger partial charge on any atom is -0.340 e. The molecular weight excluding hydrogens is 340 g/mol. The number of nitrogens with zero attached hydrogens (tertiary/aromatic N) is 4. The molecule has 9 heteroatoms. The fraction of sp³-hybridized carbons (Fsp3) is 0.714. The van der Waals surface area contributed by atoms with Crippen LogP contribution in [0.2, 0.25) is 5.02 Å². The molecule has 1 aliphatic heterocycles. The summed E-state index contributed by atoms with van der Waals surface area (Å²) in [5, 5.41) is 4.72. The molecule has 1 fully saturated rings. The van der Waals surface area contributed by atoms with Crippen molar-refractivity contribution in [3.05, 3.63) is 16.9 Å². The average molecular weight is 363 g/mol. The van der Waals surface area contributed by atoms with Crippen LogP contribution < -0.4 is 0 Å². The number of halogens is 1. The van der Waals surface area contributed by atoms with Crippen molar-refractivity contribution in [3.63, 3.8) is 0 Å². The lowest BCUT2D eigenvalue weighted by Crippen LogP contribution is -2.43. The van der Waals surface area contributed by atoms with Crippen LogP contribution in [-0.2, 0) is 27.9 Å². The van der Waals surface area contributed by atoms with Crippen molar-refractivity contribution in [2.45, 2.75) is 32.9 Å². The van der Waals surface area contributed by atoms with E-state index in [1.54, 1.807) is 22.8 Å². The first kappa shape index (κ1) is 18.2. The Kier molecular flexibility index (Phi) is 5.70. The van der Waals surface area contributed by atoms with Crippen molar-refractivity contribution in [2.24, 2.45) is 5.92 Å². The van der Waals surface area contributed by atoms with Gasteiger partial charge >= 0.3 is 0 Å². The number of hydrogen-bond donors (Lipinski definition) is 0. The summed E-state index contributed by atoms with van der Waals surface area (Å²) in [4.78, 5) is 14.2. The molecule has 2 rings (SSSR count). The largest absolute Gasteiger partial charge is 0.340 e. The normalized spacial score (nSPS) is 17.4. The Balaban J connectivity index is 1.97. The molecule has 130 valence electrons. The molecule has 2 heterocycles. The lowest BCUT2D eigenvalue weighted by Gasteiger charge is -2.31. The van der Waals surface area contributed by atoms with Crippen LogP contribution in [0.5, 0.6) is 0 Å². The molecule has 0 N–H and O–H groups in total. The molecule has 1 amide bonds. The van der Waals surface area contributed by atoms with Gasteiger partial charge in [-0.15, -0.1) is 0 Å². The molecule has 0 spiro atoms. The standard InChI is InChI=1S/C14H23ClN4O3S/c1-4-19-13(12(15)9-16-19)10-17(2)14(20)11-5-7-18(8-6-11)23(3,21)22/h9,11H,4-8,10H2,1-3H3. The van der Waals surface area contributed by atoms with Gasteiger partial charge < -0.3 is 4.90 Å². The smallest absolute Gasteiger partial charge is 0.225 e. The van der Waals surface area contributed by atoms with E-state index < -0.39 is 10.0 Å². The summed E-state index contributed by atoms with van der Waals surface area (Å²) in [6.45, 7) is 3.86. The summed E-state index contributed by atoms with van der Waals surface area (Å²) in [5.41, 5.74) is 0.818. The molecule has 0 aromatic carbocycles. The zero-order valence-corrected chi connectivity index (χ0v) is 15.3.